The van der Waals surface area contributed by atoms with E-state index in [0.29, 0.717) is 5.69 Å². The fourth-order valence-electron chi connectivity index (χ4n) is 1.89. The van der Waals surface area contributed by atoms with Crippen molar-refractivity contribution in [3.8, 4) is 0 Å². The van der Waals surface area contributed by atoms with Crippen molar-refractivity contribution in [1.29, 1.82) is 0 Å². The number of nitrogens with zero attached hydrogens (tertiary/aromatic N) is 1. The maximum atomic E-state index is 5.71. The normalized spacial score (nSPS) is 10.9. The van der Waals surface area contributed by atoms with Crippen LogP contribution < -0.4 is 5.73 Å². The first kappa shape index (κ1) is 8.24. The standard InChI is InChI=1S/C13H10N2/c14-11-7-10-6-5-9-3-1-2-4-12(9)13(10)15-8-11/h1-8H,14H2. The van der Waals surface area contributed by atoms with E-state index in [1.165, 1.54) is 10.8 Å². The van der Waals surface area contributed by atoms with E-state index in [1.807, 2.05) is 18.2 Å². The Morgan fingerprint density at radius 1 is 0.933 bits per heavy atom. The van der Waals surface area contributed by atoms with Crippen LogP contribution >= 0.6 is 0 Å². The molecule has 0 unspecified atom stereocenters. The van der Waals surface area contributed by atoms with Crippen molar-refractivity contribution in [2.24, 2.45) is 0 Å². The predicted molar refractivity (Wildman–Crippen MR) is 63.7 cm³/mol. The van der Waals surface area contributed by atoms with Gasteiger partial charge in [-0.25, -0.2) is 0 Å². The van der Waals surface area contributed by atoms with E-state index in [4.69, 9.17) is 5.73 Å². The second kappa shape index (κ2) is 2.95. The highest BCUT2D eigenvalue weighted by Crippen LogP contribution is 2.24. The lowest BCUT2D eigenvalue weighted by Gasteiger charge is -2.03. The van der Waals surface area contributed by atoms with Gasteiger partial charge in [0.15, 0.2) is 0 Å². The van der Waals surface area contributed by atoms with E-state index in [1.54, 1.807) is 6.20 Å². The molecule has 2 N–H and O–H groups in total. The Labute approximate surface area is 87.4 Å². The number of benzene rings is 2. The molecule has 0 aliphatic heterocycles. The molecule has 72 valence electrons. The molecule has 0 atom stereocenters. The molecule has 0 bridgehead atoms. The van der Waals surface area contributed by atoms with Gasteiger partial charge < -0.3 is 5.73 Å². The molecule has 0 aliphatic rings. The summed E-state index contributed by atoms with van der Waals surface area (Å²) in [6, 6.07) is 14.3. The van der Waals surface area contributed by atoms with Crippen LogP contribution in [0.5, 0.6) is 0 Å². The van der Waals surface area contributed by atoms with Crippen LogP contribution in [-0.4, -0.2) is 4.98 Å². The first-order chi connectivity index (χ1) is 7.34. The van der Waals surface area contributed by atoms with E-state index in [9.17, 15) is 0 Å². The van der Waals surface area contributed by atoms with Gasteiger partial charge >= 0.3 is 0 Å². The Morgan fingerprint density at radius 3 is 2.67 bits per heavy atom. The quantitative estimate of drug-likeness (QED) is 0.559. The third kappa shape index (κ3) is 1.22. The molecule has 3 aromatic rings. The summed E-state index contributed by atoms with van der Waals surface area (Å²) in [5.74, 6) is 0. The van der Waals surface area contributed by atoms with Crippen molar-refractivity contribution >= 4 is 27.4 Å². The summed E-state index contributed by atoms with van der Waals surface area (Å²) in [6.07, 6.45) is 1.70. The Balaban J connectivity index is 2.55. The molecule has 1 heterocycles. The smallest absolute Gasteiger partial charge is 0.0781 e. The number of hydrogen-bond donors (Lipinski definition) is 1. The Morgan fingerprint density at radius 2 is 1.73 bits per heavy atom. The van der Waals surface area contributed by atoms with Crippen molar-refractivity contribution in [3.63, 3.8) is 0 Å². The number of anilines is 1. The zero-order valence-electron chi connectivity index (χ0n) is 8.14. The average Bonchev–Trinajstić information content (AvgIpc) is 2.28. The molecule has 2 aromatic carbocycles. The summed E-state index contributed by atoms with van der Waals surface area (Å²) < 4.78 is 0. The monoisotopic (exact) mass is 194 g/mol. The largest absolute Gasteiger partial charge is 0.397 e. The van der Waals surface area contributed by atoms with Crippen LogP contribution in [-0.2, 0) is 0 Å². The lowest BCUT2D eigenvalue weighted by atomic mass is 10.1. The zero-order chi connectivity index (χ0) is 10.3. The minimum Gasteiger partial charge on any atom is -0.397 e. The Bertz CT molecular complexity index is 644. The third-order valence-electron chi connectivity index (χ3n) is 2.60. The first-order valence-electron chi connectivity index (χ1n) is 4.87. The summed E-state index contributed by atoms with van der Waals surface area (Å²) in [7, 11) is 0. The summed E-state index contributed by atoms with van der Waals surface area (Å²) >= 11 is 0. The molecule has 0 saturated heterocycles. The van der Waals surface area contributed by atoms with Gasteiger partial charge in [-0.2, -0.15) is 0 Å². The van der Waals surface area contributed by atoms with E-state index < -0.39 is 0 Å². The molecular weight excluding hydrogens is 184 g/mol. The van der Waals surface area contributed by atoms with Gasteiger partial charge in [-0.3, -0.25) is 4.98 Å². The maximum Gasteiger partial charge on any atom is 0.0781 e. The third-order valence-corrected chi connectivity index (χ3v) is 2.60. The van der Waals surface area contributed by atoms with Gasteiger partial charge in [0, 0.05) is 10.8 Å². The van der Waals surface area contributed by atoms with Gasteiger partial charge in [0.1, 0.15) is 0 Å². The predicted octanol–water partition coefficient (Wildman–Crippen LogP) is 2.97. The summed E-state index contributed by atoms with van der Waals surface area (Å²) in [5, 5.41) is 3.48. The van der Waals surface area contributed by atoms with E-state index in [2.05, 4.69) is 29.2 Å². The van der Waals surface area contributed by atoms with Gasteiger partial charge in [-0.05, 0) is 11.5 Å². The van der Waals surface area contributed by atoms with E-state index in [-0.39, 0.29) is 0 Å². The van der Waals surface area contributed by atoms with Crippen molar-refractivity contribution in [1.82, 2.24) is 4.98 Å². The highest BCUT2D eigenvalue weighted by Gasteiger charge is 2.00. The van der Waals surface area contributed by atoms with Crippen molar-refractivity contribution in [3.05, 3.63) is 48.7 Å². The molecule has 15 heavy (non-hydrogen) atoms. The van der Waals surface area contributed by atoms with Crippen LogP contribution in [0.25, 0.3) is 21.7 Å². The Kier molecular flexibility index (Phi) is 1.62. The summed E-state index contributed by atoms with van der Waals surface area (Å²) in [4.78, 5) is 4.38. The van der Waals surface area contributed by atoms with Crippen LogP contribution in [0.2, 0.25) is 0 Å². The van der Waals surface area contributed by atoms with Crippen molar-refractivity contribution in [2.75, 3.05) is 5.73 Å². The maximum absolute atomic E-state index is 5.71. The molecule has 3 rings (SSSR count). The van der Waals surface area contributed by atoms with E-state index in [0.717, 1.165) is 10.9 Å². The number of pyridine rings is 1. The molecule has 0 fully saturated rings. The molecule has 1 aromatic heterocycles. The molecule has 0 radical (unpaired) electrons. The molecular formula is C13H10N2. The van der Waals surface area contributed by atoms with Gasteiger partial charge in [-0.15, -0.1) is 0 Å². The number of nitrogen functional groups attached to an aromatic ring is 1. The van der Waals surface area contributed by atoms with Crippen molar-refractivity contribution < 1.29 is 0 Å². The molecule has 0 aliphatic carbocycles. The van der Waals surface area contributed by atoms with Crippen LogP contribution in [0.15, 0.2) is 48.7 Å². The summed E-state index contributed by atoms with van der Waals surface area (Å²) in [5.41, 5.74) is 7.43. The van der Waals surface area contributed by atoms with Crippen LogP contribution in [0, 0.1) is 0 Å². The minimum absolute atomic E-state index is 0.706. The van der Waals surface area contributed by atoms with Gasteiger partial charge in [0.05, 0.1) is 17.4 Å². The van der Waals surface area contributed by atoms with Gasteiger partial charge in [0.25, 0.3) is 0 Å². The first-order valence-corrected chi connectivity index (χ1v) is 4.87. The number of aromatic nitrogens is 1. The SMILES string of the molecule is Nc1cnc2c(ccc3ccccc32)c1. The molecule has 0 saturated carbocycles. The molecule has 0 amide bonds. The number of nitrogens with two attached hydrogens (primary N) is 1. The van der Waals surface area contributed by atoms with Crippen LogP contribution in [0.4, 0.5) is 5.69 Å². The topological polar surface area (TPSA) is 38.9 Å². The highest BCUT2D eigenvalue weighted by atomic mass is 14.7. The Hall–Kier alpha value is -2.09. The number of hydrogen-bond acceptors (Lipinski definition) is 2. The average molecular weight is 194 g/mol. The minimum atomic E-state index is 0.706. The molecule has 2 heteroatoms. The zero-order valence-corrected chi connectivity index (χ0v) is 8.14. The molecule has 0 spiro atoms. The van der Waals surface area contributed by atoms with E-state index >= 15 is 0 Å². The lowest BCUT2D eigenvalue weighted by Crippen LogP contribution is -1.87. The number of rotatable bonds is 0. The number of fused-ring (bicyclic) bond motifs is 3. The second-order valence-electron chi connectivity index (χ2n) is 3.63. The van der Waals surface area contributed by atoms with Crippen LogP contribution in [0.3, 0.4) is 0 Å². The van der Waals surface area contributed by atoms with Crippen molar-refractivity contribution in [2.45, 2.75) is 0 Å². The highest BCUT2D eigenvalue weighted by molar-refractivity contribution is 6.05. The van der Waals surface area contributed by atoms with Gasteiger partial charge in [0.2, 0.25) is 0 Å². The lowest BCUT2D eigenvalue weighted by molar-refractivity contribution is 1.43. The van der Waals surface area contributed by atoms with Crippen LogP contribution in [0.1, 0.15) is 0 Å². The molecule has 2 nitrogen and oxygen atoms in total. The fraction of sp³-hybridized carbons (Fsp3) is 0. The fourth-order valence-corrected chi connectivity index (χ4v) is 1.89. The second-order valence-corrected chi connectivity index (χ2v) is 3.63. The summed E-state index contributed by atoms with van der Waals surface area (Å²) in [6.45, 7) is 0. The van der Waals surface area contributed by atoms with Gasteiger partial charge in [-0.1, -0.05) is 36.4 Å².